The molecule has 18 heavy (non-hydrogen) atoms. The maximum Gasteiger partial charge on any atom is 0.314 e. The third-order valence-electron chi connectivity index (χ3n) is 3.74. The van der Waals surface area contributed by atoms with Gasteiger partial charge in [-0.2, -0.15) is 0 Å². The van der Waals surface area contributed by atoms with Crippen LogP contribution in [0.5, 0.6) is 0 Å². The molecule has 2 amide bonds. The summed E-state index contributed by atoms with van der Waals surface area (Å²) in [5, 5.41) is 13.9. The Labute approximate surface area is 108 Å². The first kappa shape index (κ1) is 14.8. The highest BCUT2D eigenvalue weighted by atomic mass is 16.4. The summed E-state index contributed by atoms with van der Waals surface area (Å²) in [5.41, 5.74) is 0. The predicted molar refractivity (Wildman–Crippen MR) is 69.4 cm³/mol. The number of carboxylic acids is 1. The van der Waals surface area contributed by atoms with Crippen molar-refractivity contribution >= 4 is 12.0 Å². The number of aliphatic carboxylic acids is 1. The lowest BCUT2D eigenvalue weighted by atomic mass is 9.78. The monoisotopic (exact) mass is 256 g/mol. The summed E-state index contributed by atoms with van der Waals surface area (Å²) in [5.74, 6) is 0.403. The van der Waals surface area contributed by atoms with Crippen LogP contribution >= 0.6 is 0 Å². The molecule has 0 aromatic heterocycles. The lowest BCUT2D eigenvalue weighted by Gasteiger charge is -2.30. The van der Waals surface area contributed by atoms with Crippen LogP contribution in [0.25, 0.3) is 0 Å². The SMILES string of the molecule is CCC1CCCCC1CNC(=O)NCCC(=O)O. The van der Waals surface area contributed by atoms with Gasteiger partial charge in [0.1, 0.15) is 0 Å². The molecule has 1 saturated carbocycles. The Balaban J connectivity index is 2.18. The zero-order valence-electron chi connectivity index (χ0n) is 11.1. The predicted octanol–water partition coefficient (Wildman–Crippen LogP) is 1.98. The molecule has 0 spiro atoms. The van der Waals surface area contributed by atoms with E-state index in [1.165, 1.54) is 32.1 Å². The molecule has 0 bridgehead atoms. The van der Waals surface area contributed by atoms with Crippen molar-refractivity contribution in [2.45, 2.75) is 45.4 Å². The Morgan fingerprint density at radius 3 is 2.44 bits per heavy atom. The highest BCUT2D eigenvalue weighted by Gasteiger charge is 2.23. The maximum absolute atomic E-state index is 11.4. The number of hydrogen-bond acceptors (Lipinski definition) is 2. The van der Waals surface area contributed by atoms with E-state index in [0.717, 1.165) is 5.92 Å². The summed E-state index contributed by atoms with van der Waals surface area (Å²) in [7, 11) is 0. The zero-order chi connectivity index (χ0) is 13.4. The number of rotatable bonds is 6. The molecular formula is C13H24N2O3. The van der Waals surface area contributed by atoms with Gasteiger partial charge >= 0.3 is 12.0 Å². The Kier molecular flexibility index (Phi) is 6.54. The van der Waals surface area contributed by atoms with Crippen LogP contribution in [-0.4, -0.2) is 30.2 Å². The van der Waals surface area contributed by atoms with Gasteiger partial charge in [-0.3, -0.25) is 4.79 Å². The zero-order valence-corrected chi connectivity index (χ0v) is 11.1. The number of urea groups is 1. The van der Waals surface area contributed by atoms with E-state index in [1.54, 1.807) is 0 Å². The first-order valence-corrected chi connectivity index (χ1v) is 6.87. The van der Waals surface area contributed by atoms with Gasteiger partial charge in [0.2, 0.25) is 0 Å². The molecule has 1 aliphatic carbocycles. The van der Waals surface area contributed by atoms with Crippen molar-refractivity contribution < 1.29 is 14.7 Å². The molecule has 0 aliphatic heterocycles. The normalized spacial score (nSPS) is 23.4. The van der Waals surface area contributed by atoms with Crippen molar-refractivity contribution in [3.63, 3.8) is 0 Å². The van der Waals surface area contributed by atoms with E-state index in [2.05, 4.69) is 17.6 Å². The van der Waals surface area contributed by atoms with Gasteiger partial charge in [0.25, 0.3) is 0 Å². The van der Waals surface area contributed by atoms with Crippen molar-refractivity contribution in [1.82, 2.24) is 10.6 Å². The van der Waals surface area contributed by atoms with Gasteiger partial charge in [-0.25, -0.2) is 4.79 Å². The first-order valence-electron chi connectivity index (χ1n) is 6.87. The smallest absolute Gasteiger partial charge is 0.314 e. The van der Waals surface area contributed by atoms with Gasteiger partial charge in [-0.15, -0.1) is 0 Å². The molecule has 2 unspecified atom stereocenters. The largest absolute Gasteiger partial charge is 0.481 e. The highest BCUT2D eigenvalue weighted by molar-refractivity contribution is 5.74. The molecule has 5 nitrogen and oxygen atoms in total. The second-order valence-corrected chi connectivity index (χ2v) is 4.99. The third-order valence-corrected chi connectivity index (χ3v) is 3.74. The standard InChI is InChI=1S/C13H24N2O3/c1-2-10-5-3-4-6-11(10)9-15-13(18)14-8-7-12(16)17/h10-11H,2-9H2,1H3,(H,16,17)(H2,14,15,18). The molecule has 2 atom stereocenters. The van der Waals surface area contributed by atoms with E-state index in [1.807, 2.05) is 0 Å². The van der Waals surface area contributed by atoms with Crippen molar-refractivity contribution in [2.75, 3.05) is 13.1 Å². The fourth-order valence-corrected chi connectivity index (χ4v) is 2.66. The van der Waals surface area contributed by atoms with E-state index >= 15 is 0 Å². The number of amides is 2. The molecule has 1 fully saturated rings. The second kappa shape index (κ2) is 7.95. The Morgan fingerprint density at radius 1 is 1.17 bits per heavy atom. The molecule has 1 rings (SSSR count). The summed E-state index contributed by atoms with van der Waals surface area (Å²) in [6, 6.07) is -0.253. The van der Waals surface area contributed by atoms with Crippen molar-refractivity contribution in [3.05, 3.63) is 0 Å². The van der Waals surface area contributed by atoms with E-state index < -0.39 is 5.97 Å². The van der Waals surface area contributed by atoms with Crippen molar-refractivity contribution in [1.29, 1.82) is 0 Å². The minimum absolute atomic E-state index is 0.0333. The summed E-state index contributed by atoms with van der Waals surface area (Å²) in [6.45, 7) is 3.09. The summed E-state index contributed by atoms with van der Waals surface area (Å²) in [4.78, 5) is 21.7. The van der Waals surface area contributed by atoms with Gasteiger partial charge in [0.15, 0.2) is 0 Å². The van der Waals surface area contributed by atoms with E-state index in [-0.39, 0.29) is 19.0 Å². The van der Waals surface area contributed by atoms with Crippen LogP contribution < -0.4 is 10.6 Å². The maximum atomic E-state index is 11.4. The fraction of sp³-hybridized carbons (Fsp3) is 0.846. The lowest BCUT2D eigenvalue weighted by molar-refractivity contribution is -0.136. The van der Waals surface area contributed by atoms with Crippen molar-refractivity contribution in [2.24, 2.45) is 11.8 Å². The van der Waals surface area contributed by atoms with Crippen LogP contribution in [0, 0.1) is 11.8 Å². The molecule has 0 aromatic rings. The second-order valence-electron chi connectivity index (χ2n) is 4.99. The minimum atomic E-state index is -0.895. The topological polar surface area (TPSA) is 78.4 Å². The molecule has 0 radical (unpaired) electrons. The van der Waals surface area contributed by atoms with E-state index in [0.29, 0.717) is 12.5 Å². The van der Waals surface area contributed by atoms with Crippen LogP contribution in [0.3, 0.4) is 0 Å². The molecule has 104 valence electrons. The number of carbonyl (C=O) groups is 2. The molecule has 5 heteroatoms. The van der Waals surface area contributed by atoms with Crippen LogP contribution in [0.4, 0.5) is 4.79 Å². The summed E-state index contributed by atoms with van der Waals surface area (Å²) in [6.07, 6.45) is 6.15. The van der Waals surface area contributed by atoms with Crippen LogP contribution in [0.2, 0.25) is 0 Å². The number of carboxylic acid groups (broad SMARTS) is 1. The Morgan fingerprint density at radius 2 is 1.83 bits per heavy atom. The minimum Gasteiger partial charge on any atom is -0.481 e. The Hall–Kier alpha value is -1.26. The number of carbonyl (C=O) groups excluding carboxylic acids is 1. The Bertz CT molecular complexity index is 281. The van der Waals surface area contributed by atoms with Crippen LogP contribution in [0.1, 0.15) is 45.4 Å². The quantitative estimate of drug-likeness (QED) is 0.680. The number of nitrogens with one attached hydrogen (secondary N) is 2. The molecule has 0 saturated heterocycles. The van der Waals surface area contributed by atoms with Gasteiger partial charge in [0, 0.05) is 13.1 Å². The first-order chi connectivity index (χ1) is 8.63. The number of hydrogen-bond donors (Lipinski definition) is 3. The summed E-state index contributed by atoms with van der Waals surface area (Å²) >= 11 is 0. The van der Waals surface area contributed by atoms with Gasteiger partial charge in [-0.1, -0.05) is 32.6 Å². The van der Waals surface area contributed by atoms with E-state index in [9.17, 15) is 9.59 Å². The molecule has 1 aliphatic rings. The van der Waals surface area contributed by atoms with Gasteiger partial charge in [-0.05, 0) is 18.3 Å². The molecule has 0 aromatic carbocycles. The lowest BCUT2D eigenvalue weighted by Crippen LogP contribution is -2.41. The summed E-state index contributed by atoms with van der Waals surface area (Å²) < 4.78 is 0. The van der Waals surface area contributed by atoms with Gasteiger partial charge < -0.3 is 15.7 Å². The molecule has 0 heterocycles. The van der Waals surface area contributed by atoms with Crippen LogP contribution in [0.15, 0.2) is 0 Å². The van der Waals surface area contributed by atoms with Crippen molar-refractivity contribution in [3.8, 4) is 0 Å². The van der Waals surface area contributed by atoms with Gasteiger partial charge in [0.05, 0.1) is 6.42 Å². The highest BCUT2D eigenvalue weighted by Crippen LogP contribution is 2.31. The van der Waals surface area contributed by atoms with Crippen LogP contribution in [-0.2, 0) is 4.79 Å². The average Bonchev–Trinajstić information content (AvgIpc) is 2.36. The third kappa shape index (κ3) is 5.38. The molecular weight excluding hydrogens is 232 g/mol. The van der Waals surface area contributed by atoms with E-state index in [4.69, 9.17) is 5.11 Å². The molecule has 3 N–H and O–H groups in total. The average molecular weight is 256 g/mol. The fourth-order valence-electron chi connectivity index (χ4n) is 2.66.